The molecule has 0 saturated carbocycles. The minimum absolute atomic E-state index is 0.195. The van der Waals surface area contributed by atoms with E-state index in [0.29, 0.717) is 41.6 Å². The molecule has 0 saturated heterocycles. The highest BCUT2D eigenvalue weighted by molar-refractivity contribution is 5.70. The fourth-order valence-electron chi connectivity index (χ4n) is 10.9. The number of carbonyl (C=O) groups excluding carboxylic acids is 3. The maximum Gasteiger partial charge on any atom is 0.426 e. The van der Waals surface area contributed by atoms with E-state index in [1.807, 2.05) is 63.2 Å². The number of halogens is 12. The van der Waals surface area contributed by atoms with Crippen LogP contribution < -0.4 is 0 Å². The Hall–Kier alpha value is -6.75. The van der Waals surface area contributed by atoms with Crippen LogP contribution in [0.4, 0.5) is 52.7 Å². The van der Waals surface area contributed by atoms with Crippen molar-refractivity contribution in [2.24, 2.45) is 0 Å². The van der Waals surface area contributed by atoms with Gasteiger partial charge in [0.25, 0.3) is 17.7 Å². The van der Waals surface area contributed by atoms with Gasteiger partial charge in [-0.05, 0) is 174 Å². The lowest BCUT2D eigenvalue weighted by Crippen LogP contribution is -2.57. The number of alkyl halides is 12. The molecule has 450 valence electrons. The second kappa shape index (κ2) is 27.8. The van der Waals surface area contributed by atoms with E-state index in [2.05, 4.69) is 82.3 Å². The fourth-order valence-corrected chi connectivity index (χ4v) is 10.9. The molecule has 0 unspecified atom stereocenters. The summed E-state index contributed by atoms with van der Waals surface area (Å²) in [5, 5.41) is 19.1. The Labute approximate surface area is 476 Å². The first kappa shape index (κ1) is 68.7. The van der Waals surface area contributed by atoms with Gasteiger partial charge in [0.1, 0.15) is 6.61 Å². The molecule has 0 aliphatic heterocycles. The maximum atomic E-state index is 13.1. The quantitative estimate of drug-likeness (QED) is 0.0583. The largest absolute Gasteiger partial charge is 0.463 e. The van der Waals surface area contributed by atoms with Gasteiger partial charge in [0, 0.05) is 10.8 Å². The first-order valence-corrected chi connectivity index (χ1v) is 27.0. The zero-order valence-electron chi connectivity index (χ0n) is 47.8. The number of aliphatic hydroxyl groups is 2. The lowest BCUT2D eigenvalue weighted by Gasteiger charge is -2.35. The summed E-state index contributed by atoms with van der Waals surface area (Å²) in [6.07, 6.45) is -23.3. The Kier molecular flexibility index (Phi) is 23.0. The first-order valence-electron chi connectivity index (χ1n) is 27.0. The van der Waals surface area contributed by atoms with Gasteiger partial charge in [-0.25, -0.2) is 0 Å². The predicted molar refractivity (Wildman–Crippen MR) is 294 cm³/mol. The van der Waals surface area contributed by atoms with Gasteiger partial charge in [-0.2, -0.15) is 62.3 Å². The highest BCUT2D eigenvalue weighted by Crippen LogP contribution is 2.49. The van der Waals surface area contributed by atoms with E-state index in [1.165, 1.54) is 5.56 Å². The molecular weight excluding hydrogens is 1100 g/mol. The van der Waals surface area contributed by atoms with Crippen LogP contribution in [0.15, 0.2) is 121 Å². The summed E-state index contributed by atoms with van der Waals surface area (Å²) in [7, 11) is 0. The number of hydrogen-bond donors (Lipinski definition) is 2. The Balaban J connectivity index is 0.000000341. The topological polar surface area (TPSA) is 101 Å². The molecule has 0 spiro atoms. The molecule has 83 heavy (non-hydrogen) atoms. The summed E-state index contributed by atoms with van der Waals surface area (Å²) >= 11 is 0. The Morgan fingerprint density at radius 2 is 0.723 bits per heavy atom. The highest BCUT2D eigenvalue weighted by Gasteiger charge is 2.70. The van der Waals surface area contributed by atoms with E-state index in [-0.39, 0.29) is 18.2 Å². The molecule has 0 aromatic heterocycles. The molecule has 2 N–H and O–H groups in total. The van der Waals surface area contributed by atoms with E-state index in [0.717, 1.165) is 80.5 Å². The molecular formula is C65H70F12O6. The third kappa shape index (κ3) is 15.2. The van der Waals surface area contributed by atoms with Gasteiger partial charge < -0.3 is 14.9 Å². The van der Waals surface area contributed by atoms with Gasteiger partial charge in [0.2, 0.25) is 0 Å². The van der Waals surface area contributed by atoms with Crippen molar-refractivity contribution in [2.75, 3.05) is 0 Å². The maximum absolute atomic E-state index is 13.1. The molecule has 6 aromatic rings. The summed E-state index contributed by atoms with van der Waals surface area (Å²) in [5.74, 6) is 0. The summed E-state index contributed by atoms with van der Waals surface area (Å²) in [6, 6.07) is 39.2. The standard InChI is InChI=1S/C32H34F6O3.C32H36F6O.CO2/c1-5-29(6-2,27-13-14-28(22(4)18-27)25-9-7-23(8-10-25)19-41-20-39)26-12-11-24(21(3)17-26)15-16-30(40,31(33,34)35)32(36,37)38;1-6-23-9-11-25(12-10-23)28-16-15-27(20-22(28)5)29(7-2,8-3)26-14-13-24(21(4)19-26)17-18-30(39,31(33,34)35)32(36,37)38;2-1-3/h7-14,17-18,20,40H,5-6,15-16,19H2,1-4H3;9-16,19-20,39H,6-8,17-18H2,1-5H3;. The molecule has 0 radical (unpaired) electrons. The smallest absolute Gasteiger partial charge is 0.426 e. The van der Waals surface area contributed by atoms with Gasteiger partial charge in [-0.1, -0.05) is 156 Å². The van der Waals surface area contributed by atoms with E-state index < -0.39 is 67.0 Å². The minimum Gasteiger partial charge on any atom is -0.463 e. The number of benzene rings is 6. The summed E-state index contributed by atoms with van der Waals surface area (Å²) in [6.45, 7) is 18.4. The van der Waals surface area contributed by atoms with E-state index in [4.69, 9.17) is 14.3 Å². The van der Waals surface area contributed by atoms with Crippen LogP contribution in [0.5, 0.6) is 0 Å². The lowest BCUT2D eigenvalue weighted by molar-refractivity contribution is -0.370. The average Bonchev–Trinajstić information content (AvgIpc) is 3.56. The molecule has 6 nitrogen and oxygen atoms in total. The number of aryl methyl sites for hydroxylation is 7. The second-order valence-electron chi connectivity index (χ2n) is 20.9. The van der Waals surface area contributed by atoms with Crippen LogP contribution in [0.1, 0.15) is 140 Å². The normalized spacial score (nSPS) is 12.6. The van der Waals surface area contributed by atoms with Crippen LogP contribution in [0.3, 0.4) is 0 Å². The first-order chi connectivity index (χ1) is 38.7. The summed E-state index contributed by atoms with van der Waals surface area (Å²) in [5.41, 5.74) is 4.10. The molecule has 0 bridgehead atoms. The number of carbonyl (C=O) groups is 1. The van der Waals surface area contributed by atoms with Crippen molar-refractivity contribution in [2.45, 2.75) is 173 Å². The molecule has 18 heteroatoms. The van der Waals surface area contributed by atoms with Crippen molar-refractivity contribution < 1.29 is 82.0 Å². The van der Waals surface area contributed by atoms with Crippen molar-refractivity contribution in [1.82, 2.24) is 0 Å². The van der Waals surface area contributed by atoms with E-state index >= 15 is 0 Å². The Bertz CT molecular complexity index is 3100. The van der Waals surface area contributed by atoms with E-state index in [9.17, 15) is 67.7 Å². The second-order valence-corrected chi connectivity index (χ2v) is 20.9. The van der Waals surface area contributed by atoms with Crippen LogP contribution in [0.25, 0.3) is 22.3 Å². The van der Waals surface area contributed by atoms with Gasteiger partial charge in [-0.3, -0.25) is 4.79 Å². The van der Waals surface area contributed by atoms with Gasteiger partial charge in [0.15, 0.2) is 0 Å². The Morgan fingerprint density at radius 3 is 0.976 bits per heavy atom. The molecule has 0 atom stereocenters. The fraction of sp³-hybridized carbons (Fsp3) is 0.415. The predicted octanol–water partition coefficient (Wildman–Crippen LogP) is 17.4. The SMILES string of the molecule is CCC(CC)(c1ccc(CCC(O)(C(F)(F)F)C(F)(F)F)c(C)c1)c1ccc(-c2ccc(COC=O)cc2)c(C)c1.CCc1ccc(-c2ccc(C(CC)(CC)c3ccc(CCC(O)(C(F)(F)F)C(F)(F)F)c(C)c3)cc2C)cc1.O=C=O. The number of ether oxygens (including phenoxy) is 1. The molecule has 6 rings (SSSR count). The molecule has 0 amide bonds. The molecule has 0 fully saturated rings. The number of rotatable bonds is 20. The van der Waals surface area contributed by atoms with Crippen LogP contribution >= 0.6 is 0 Å². The van der Waals surface area contributed by atoms with Crippen molar-refractivity contribution in [1.29, 1.82) is 0 Å². The highest BCUT2D eigenvalue weighted by atomic mass is 19.4. The van der Waals surface area contributed by atoms with Crippen molar-refractivity contribution in [3.05, 3.63) is 188 Å². The van der Waals surface area contributed by atoms with Crippen LogP contribution in [0, 0.1) is 27.7 Å². The van der Waals surface area contributed by atoms with Gasteiger partial charge in [-0.15, -0.1) is 0 Å². The van der Waals surface area contributed by atoms with Crippen molar-refractivity contribution in [3.63, 3.8) is 0 Å². The van der Waals surface area contributed by atoms with Crippen LogP contribution in [0.2, 0.25) is 0 Å². The van der Waals surface area contributed by atoms with Gasteiger partial charge >= 0.3 is 30.9 Å². The van der Waals surface area contributed by atoms with Crippen LogP contribution in [-0.4, -0.2) is 58.7 Å². The summed E-state index contributed by atoms with van der Waals surface area (Å²) < 4.78 is 163. The number of hydrogen-bond acceptors (Lipinski definition) is 6. The molecule has 0 aliphatic rings. The average molecular weight is 1180 g/mol. The van der Waals surface area contributed by atoms with Crippen LogP contribution in [-0.2, 0) is 55.8 Å². The minimum atomic E-state index is -5.84. The van der Waals surface area contributed by atoms with Crippen molar-refractivity contribution in [3.8, 4) is 22.3 Å². The Morgan fingerprint density at radius 1 is 0.434 bits per heavy atom. The third-order valence-corrected chi connectivity index (χ3v) is 16.4. The van der Waals surface area contributed by atoms with E-state index in [1.54, 1.807) is 38.1 Å². The third-order valence-electron chi connectivity index (χ3n) is 16.4. The molecule has 0 aliphatic carbocycles. The molecule has 6 aromatic carbocycles. The molecule has 0 heterocycles. The lowest BCUT2D eigenvalue weighted by atomic mass is 9.69. The zero-order chi connectivity index (χ0) is 62.6. The van der Waals surface area contributed by atoms with Gasteiger partial charge in [0.05, 0.1) is 0 Å². The van der Waals surface area contributed by atoms with Crippen molar-refractivity contribution >= 4 is 12.6 Å². The zero-order valence-corrected chi connectivity index (χ0v) is 47.8. The monoisotopic (exact) mass is 1170 g/mol. The summed E-state index contributed by atoms with van der Waals surface area (Å²) in [4.78, 5) is 26.7.